The number of carbonyl (C=O) groups excluding carboxylic acids is 3. The largest absolute Gasteiger partial charge is 0.459 e. The van der Waals surface area contributed by atoms with Gasteiger partial charge in [0.15, 0.2) is 5.78 Å². The Hall–Kier alpha value is -4.40. The quantitative estimate of drug-likeness (QED) is 0.188. The van der Waals surface area contributed by atoms with Gasteiger partial charge < -0.3 is 15.4 Å². The molecule has 56 heavy (non-hydrogen) atoms. The Morgan fingerprint density at radius 3 is 2.59 bits per heavy atom. The van der Waals surface area contributed by atoms with Crippen LogP contribution in [0.1, 0.15) is 91.0 Å². The summed E-state index contributed by atoms with van der Waals surface area (Å²) in [5, 5.41) is 2.87. The lowest BCUT2D eigenvalue weighted by Gasteiger charge is -2.27. The van der Waals surface area contributed by atoms with Gasteiger partial charge in [0.2, 0.25) is 21.8 Å². The van der Waals surface area contributed by atoms with Gasteiger partial charge in [-0.1, -0.05) is 61.4 Å². The topological polar surface area (TPSA) is 167 Å². The molecular weight excluding hydrogens is 749 g/mol. The second kappa shape index (κ2) is 14.8. The van der Waals surface area contributed by atoms with E-state index in [2.05, 4.69) is 18.6 Å². The molecule has 2 saturated carbocycles. The zero-order valence-corrected chi connectivity index (χ0v) is 33.8. The summed E-state index contributed by atoms with van der Waals surface area (Å²) in [6, 6.07) is 14.7. The van der Waals surface area contributed by atoms with Crippen LogP contribution in [0, 0.1) is 11.3 Å². The molecule has 2 aromatic heterocycles. The number of aromatic nitrogens is 3. The highest BCUT2D eigenvalue weighted by atomic mass is 32.2. The van der Waals surface area contributed by atoms with Crippen LogP contribution in [-0.4, -0.2) is 74.9 Å². The van der Waals surface area contributed by atoms with Crippen LogP contribution in [0.2, 0.25) is 0 Å². The number of amides is 2. The molecule has 2 aromatic carbocycles. The molecule has 3 N–H and O–H groups in total. The molecular formula is C42H50N6O6S2. The minimum atomic E-state index is -3.91. The molecule has 1 saturated heterocycles. The van der Waals surface area contributed by atoms with Crippen LogP contribution >= 0.6 is 11.3 Å². The zero-order valence-electron chi connectivity index (χ0n) is 32.1. The highest BCUT2D eigenvalue weighted by Crippen LogP contribution is 2.57. The Morgan fingerprint density at radius 1 is 1.05 bits per heavy atom. The van der Waals surface area contributed by atoms with Crippen molar-refractivity contribution in [3.05, 3.63) is 66.1 Å². The van der Waals surface area contributed by atoms with Crippen molar-refractivity contribution in [3.63, 3.8) is 0 Å². The number of Topliss-reactive ketones (excluding diaryl/α,β-unsaturated/α-hetero) is 1. The van der Waals surface area contributed by atoms with E-state index < -0.39 is 44.3 Å². The molecule has 0 unspecified atom stereocenters. The molecule has 0 spiro atoms. The molecule has 0 radical (unpaired) electrons. The number of carbonyl (C=O) groups is 3. The number of sulfonamides is 1. The molecule has 296 valence electrons. The third kappa shape index (κ3) is 7.20. The number of allylic oxidation sites excluding steroid dienone is 2. The highest BCUT2D eigenvalue weighted by molar-refractivity contribution is 7.91. The Morgan fingerprint density at radius 2 is 1.84 bits per heavy atom. The molecule has 12 nitrogen and oxygen atoms in total. The van der Waals surface area contributed by atoms with E-state index >= 15 is 0 Å². The average molecular weight is 799 g/mol. The number of ether oxygens (including phenoxy) is 1. The van der Waals surface area contributed by atoms with E-state index in [1.807, 2.05) is 70.6 Å². The van der Waals surface area contributed by atoms with Gasteiger partial charge in [0.1, 0.15) is 16.6 Å². The lowest BCUT2D eigenvalue weighted by molar-refractivity contribution is -0.140. The van der Waals surface area contributed by atoms with Crippen LogP contribution in [0.3, 0.4) is 0 Å². The molecule has 3 fully saturated rings. The number of hydrogen-bond donors (Lipinski definition) is 2. The van der Waals surface area contributed by atoms with Crippen molar-refractivity contribution in [2.45, 2.75) is 114 Å². The van der Waals surface area contributed by atoms with Gasteiger partial charge in [-0.15, -0.1) is 11.3 Å². The van der Waals surface area contributed by atoms with Crippen molar-refractivity contribution >= 4 is 50.0 Å². The summed E-state index contributed by atoms with van der Waals surface area (Å²) in [5.74, 6) is -1.54. The molecule has 8 rings (SSSR count). The fourth-order valence-electron chi connectivity index (χ4n) is 8.32. The van der Waals surface area contributed by atoms with Crippen LogP contribution in [0.25, 0.3) is 32.9 Å². The standard InChI is InChI=1S/C42H50N6O6S2/c1-26(2)48-33-18-12-16-30(37-44-32(25-55-37)27-13-8-7-9-14-27)36(33)45-40(48)54-29-21-34-35(49)23-42(39(51)46-56(52,53)41(3)19-20-41)22-28(42)15-10-5-4-6-11-17-31(43)38(50)47(34)24-29/h7-10,12-16,18,25-26,28-29,31,34H,4-6,11,17,19-24,43H2,1-3H3,(H,46,51)/b15-10-/t28-,29-,31+,34+,42-/m1/s1. The summed E-state index contributed by atoms with van der Waals surface area (Å²) in [7, 11) is -3.91. The number of imidazole rings is 1. The van der Waals surface area contributed by atoms with E-state index in [-0.39, 0.29) is 43.0 Å². The van der Waals surface area contributed by atoms with E-state index in [4.69, 9.17) is 20.4 Å². The minimum absolute atomic E-state index is 0.0302. The van der Waals surface area contributed by atoms with E-state index in [1.54, 1.807) is 18.3 Å². The van der Waals surface area contributed by atoms with E-state index in [9.17, 15) is 22.8 Å². The summed E-state index contributed by atoms with van der Waals surface area (Å²) in [4.78, 5) is 53.9. The smallest absolute Gasteiger partial charge is 0.297 e. The average Bonchev–Trinajstić information content (AvgIpc) is 3.84. The zero-order chi connectivity index (χ0) is 39.4. The molecule has 4 aliphatic rings. The molecule has 14 heteroatoms. The third-order valence-electron chi connectivity index (χ3n) is 12.2. The van der Waals surface area contributed by atoms with Crippen LogP contribution in [-0.2, 0) is 24.4 Å². The first-order chi connectivity index (χ1) is 26.8. The molecule has 2 aliphatic carbocycles. The number of nitrogens with one attached hydrogen (secondary N) is 1. The highest BCUT2D eigenvalue weighted by Gasteiger charge is 2.62. The first-order valence-electron chi connectivity index (χ1n) is 19.8. The molecule has 2 amide bonds. The number of nitrogens with zero attached hydrogens (tertiary/aromatic N) is 4. The number of thiazole rings is 1. The molecule has 2 aliphatic heterocycles. The lowest BCUT2D eigenvalue weighted by Crippen LogP contribution is -2.50. The summed E-state index contributed by atoms with van der Waals surface area (Å²) in [6.07, 6.45) is 8.56. The van der Waals surface area contributed by atoms with Crippen LogP contribution < -0.4 is 15.2 Å². The number of fused-ring (bicyclic) bond motifs is 3. The van der Waals surface area contributed by atoms with Gasteiger partial charge in [-0.05, 0) is 77.3 Å². The van der Waals surface area contributed by atoms with Crippen LogP contribution in [0.4, 0.5) is 0 Å². The Labute approximate surface area is 332 Å². The molecule has 5 atom stereocenters. The first-order valence-corrected chi connectivity index (χ1v) is 22.2. The van der Waals surface area contributed by atoms with Crippen molar-refractivity contribution in [1.29, 1.82) is 0 Å². The SMILES string of the molecule is CC(C)n1c(O[C@@H]2C[C@H]3C(=O)C[C@]4(C(=O)NS(=O)(=O)C5(C)CC5)C[C@H]4/C=C\CCCCC[C@H](N)C(=O)N3C2)nc2c(-c3nc(-c4ccccc4)cs3)cccc21. The van der Waals surface area contributed by atoms with Gasteiger partial charge in [0.25, 0.3) is 6.01 Å². The maximum absolute atomic E-state index is 14.5. The maximum atomic E-state index is 14.5. The second-order valence-electron chi connectivity index (χ2n) is 16.6. The number of hydrogen-bond acceptors (Lipinski definition) is 10. The summed E-state index contributed by atoms with van der Waals surface area (Å²) in [6.45, 7) is 5.86. The van der Waals surface area contributed by atoms with Crippen molar-refractivity contribution in [2.24, 2.45) is 17.1 Å². The van der Waals surface area contributed by atoms with Gasteiger partial charge in [0, 0.05) is 35.4 Å². The first kappa shape index (κ1) is 38.5. The number of ketones is 1. The van der Waals surface area contributed by atoms with Crippen molar-refractivity contribution in [2.75, 3.05) is 6.54 Å². The van der Waals surface area contributed by atoms with Crippen LogP contribution in [0.5, 0.6) is 6.01 Å². The third-order valence-corrected chi connectivity index (χ3v) is 15.2. The molecule has 4 heterocycles. The number of benzene rings is 2. The summed E-state index contributed by atoms with van der Waals surface area (Å²) < 4.78 is 36.4. The predicted molar refractivity (Wildman–Crippen MR) is 216 cm³/mol. The van der Waals surface area contributed by atoms with Gasteiger partial charge in [-0.3, -0.25) is 23.7 Å². The fourth-order valence-corrected chi connectivity index (χ4v) is 10.5. The van der Waals surface area contributed by atoms with Gasteiger partial charge in [-0.2, -0.15) is 4.98 Å². The van der Waals surface area contributed by atoms with Crippen LogP contribution in [0.15, 0.2) is 66.1 Å². The number of nitrogens with two attached hydrogens (primary N) is 1. The minimum Gasteiger partial charge on any atom is -0.459 e. The molecule has 4 aromatic rings. The summed E-state index contributed by atoms with van der Waals surface area (Å²) in [5.41, 5.74) is 9.70. The van der Waals surface area contributed by atoms with Gasteiger partial charge >= 0.3 is 0 Å². The Balaban J connectivity index is 1.09. The molecule has 0 bridgehead atoms. The second-order valence-corrected chi connectivity index (χ2v) is 19.6. The number of rotatable bonds is 8. The normalized spacial score (nSPS) is 27.3. The van der Waals surface area contributed by atoms with E-state index in [0.29, 0.717) is 31.7 Å². The maximum Gasteiger partial charge on any atom is 0.297 e. The summed E-state index contributed by atoms with van der Waals surface area (Å²) >= 11 is 1.55. The van der Waals surface area contributed by atoms with Crippen molar-refractivity contribution < 1.29 is 27.5 Å². The fraction of sp³-hybridized carbons (Fsp3) is 0.500. The van der Waals surface area contributed by atoms with E-state index in [1.165, 1.54) is 4.90 Å². The monoisotopic (exact) mass is 798 g/mol. The van der Waals surface area contributed by atoms with E-state index in [0.717, 1.165) is 58.5 Å². The predicted octanol–water partition coefficient (Wildman–Crippen LogP) is 6.57. The number of para-hydroxylation sites is 1. The van der Waals surface area contributed by atoms with Crippen molar-refractivity contribution in [3.8, 4) is 27.8 Å². The van der Waals surface area contributed by atoms with Gasteiger partial charge in [-0.25, -0.2) is 13.4 Å². The Bertz CT molecular complexity index is 2300. The lowest BCUT2D eigenvalue weighted by atomic mass is 9.91. The van der Waals surface area contributed by atoms with Crippen molar-refractivity contribution in [1.82, 2.24) is 24.2 Å². The Kier molecular flexibility index (Phi) is 10.2. The van der Waals surface area contributed by atoms with Gasteiger partial charge in [0.05, 0.1) is 40.0 Å².